The molecule has 0 aliphatic carbocycles. The molecule has 0 N–H and O–H groups in total. The van der Waals surface area contributed by atoms with E-state index in [1.54, 1.807) is 47.8 Å². The summed E-state index contributed by atoms with van der Waals surface area (Å²) in [5.74, 6) is -0.730. The number of thioether (sulfide) groups is 1. The number of halogens is 3. The first-order valence-electron chi connectivity index (χ1n) is 9.82. The van der Waals surface area contributed by atoms with Crippen LogP contribution >= 0.6 is 11.8 Å². The normalized spacial score (nSPS) is 18.1. The Morgan fingerprint density at radius 3 is 2.19 bits per heavy atom. The topological polar surface area (TPSA) is 98.7 Å². The number of fused-ring (bicyclic) bond motifs is 1. The molecular formula is C19H28F3N3O5S2. The van der Waals surface area contributed by atoms with E-state index in [0.29, 0.717) is 18.5 Å². The minimum Gasteiger partial charge on any atom is -0.444 e. The lowest BCUT2D eigenvalue weighted by Gasteiger charge is -2.40. The minimum absolute atomic E-state index is 0.0338. The molecule has 8 nitrogen and oxygen atoms in total. The fourth-order valence-corrected chi connectivity index (χ4v) is 4.17. The number of nitrogens with zero attached hydrogens (tertiary/aromatic N) is 3. The molecule has 2 rings (SSSR count). The summed E-state index contributed by atoms with van der Waals surface area (Å²) in [5.41, 5.74) is -6.83. The van der Waals surface area contributed by atoms with Crippen LogP contribution in [-0.2, 0) is 21.3 Å². The number of aryl methyl sites for hydroxylation is 1. The molecule has 0 radical (unpaired) electrons. The first-order chi connectivity index (χ1) is 14.4. The minimum atomic E-state index is -5.99. The van der Waals surface area contributed by atoms with Crippen molar-refractivity contribution in [1.82, 2.24) is 14.9 Å². The Morgan fingerprint density at radius 1 is 1.12 bits per heavy atom. The van der Waals surface area contributed by atoms with Crippen LogP contribution in [0.25, 0.3) is 0 Å². The van der Waals surface area contributed by atoms with Crippen LogP contribution in [0.1, 0.15) is 65.3 Å². The average molecular weight is 500 g/mol. The molecule has 13 heteroatoms. The van der Waals surface area contributed by atoms with E-state index in [1.807, 2.05) is 0 Å². The van der Waals surface area contributed by atoms with Gasteiger partial charge in [-0.3, -0.25) is 0 Å². The third kappa shape index (κ3) is 5.97. The van der Waals surface area contributed by atoms with Gasteiger partial charge in [0, 0.05) is 6.54 Å². The van der Waals surface area contributed by atoms with Crippen LogP contribution in [-0.4, -0.2) is 53.3 Å². The summed E-state index contributed by atoms with van der Waals surface area (Å²) in [5, 5.41) is 0.0644. The zero-order valence-corrected chi connectivity index (χ0v) is 20.7. The molecule has 0 bridgehead atoms. The molecule has 32 heavy (non-hydrogen) atoms. The van der Waals surface area contributed by atoms with Crippen molar-refractivity contribution in [3.8, 4) is 5.88 Å². The van der Waals surface area contributed by atoms with Gasteiger partial charge in [-0.2, -0.15) is 26.6 Å². The Labute approximate surface area is 190 Å². The van der Waals surface area contributed by atoms with Gasteiger partial charge >= 0.3 is 21.7 Å². The number of rotatable bonds is 3. The lowest BCUT2D eigenvalue weighted by molar-refractivity contribution is -0.0503. The molecule has 0 fully saturated rings. The van der Waals surface area contributed by atoms with E-state index in [9.17, 15) is 26.4 Å². The fraction of sp³-hybridized carbons (Fsp3) is 0.737. The van der Waals surface area contributed by atoms with Gasteiger partial charge in [0.25, 0.3) is 0 Å². The third-order valence-electron chi connectivity index (χ3n) is 4.47. The molecular weight excluding hydrogens is 471 g/mol. The van der Waals surface area contributed by atoms with Gasteiger partial charge in [-0.15, -0.1) is 0 Å². The van der Waals surface area contributed by atoms with Crippen molar-refractivity contribution >= 4 is 28.0 Å². The lowest BCUT2D eigenvalue weighted by atomic mass is 9.81. The average Bonchev–Trinajstić information content (AvgIpc) is 2.78. The highest BCUT2D eigenvalue weighted by Gasteiger charge is 2.50. The van der Waals surface area contributed by atoms with E-state index in [1.165, 1.54) is 4.90 Å². The van der Waals surface area contributed by atoms with E-state index >= 15 is 0 Å². The van der Waals surface area contributed by atoms with Crippen LogP contribution in [0.4, 0.5) is 18.0 Å². The van der Waals surface area contributed by atoms with E-state index in [0.717, 1.165) is 11.8 Å². The van der Waals surface area contributed by atoms with E-state index in [4.69, 9.17) is 4.74 Å². The van der Waals surface area contributed by atoms with Crippen molar-refractivity contribution in [3.63, 3.8) is 0 Å². The first-order valence-corrected chi connectivity index (χ1v) is 12.5. The molecule has 0 saturated heterocycles. The summed E-state index contributed by atoms with van der Waals surface area (Å²) in [4.78, 5) is 22.8. The summed E-state index contributed by atoms with van der Waals surface area (Å²) in [6.07, 6.45) is 1.66. The highest BCUT2D eigenvalue weighted by Crippen LogP contribution is 2.46. The Morgan fingerprint density at radius 2 is 1.72 bits per heavy atom. The number of ether oxygens (including phenoxy) is 1. The number of hydrogen-bond donors (Lipinski definition) is 0. The molecule has 1 aliphatic heterocycles. The van der Waals surface area contributed by atoms with Crippen molar-refractivity contribution in [2.45, 2.75) is 76.7 Å². The smallest absolute Gasteiger partial charge is 0.444 e. The predicted molar refractivity (Wildman–Crippen MR) is 113 cm³/mol. The quantitative estimate of drug-likeness (QED) is 0.256. The number of hydrogen-bond acceptors (Lipinski definition) is 8. The first kappa shape index (κ1) is 26.5. The van der Waals surface area contributed by atoms with Gasteiger partial charge < -0.3 is 13.8 Å². The maximum absolute atomic E-state index is 13.1. The molecule has 1 unspecified atom stereocenters. The Balaban J connectivity index is 2.75. The third-order valence-corrected chi connectivity index (χ3v) is 5.96. The van der Waals surface area contributed by atoms with Crippen LogP contribution in [0, 0.1) is 5.41 Å². The number of carbonyl (C=O) groups excluding carboxylic acids is 1. The van der Waals surface area contributed by atoms with Gasteiger partial charge in [0.05, 0.1) is 17.3 Å². The molecule has 0 spiro atoms. The molecule has 1 amide bonds. The highest BCUT2D eigenvalue weighted by atomic mass is 32.2. The summed E-state index contributed by atoms with van der Waals surface area (Å²) < 4.78 is 73.0. The van der Waals surface area contributed by atoms with Gasteiger partial charge in [-0.1, -0.05) is 32.5 Å². The molecule has 1 aromatic heterocycles. The van der Waals surface area contributed by atoms with Crippen LogP contribution in [0.5, 0.6) is 5.88 Å². The van der Waals surface area contributed by atoms with E-state index in [2.05, 4.69) is 14.2 Å². The maximum atomic E-state index is 13.1. The second-order valence-corrected chi connectivity index (χ2v) is 11.7. The second-order valence-electron chi connectivity index (χ2n) is 9.40. The van der Waals surface area contributed by atoms with Gasteiger partial charge in [-0.25, -0.2) is 9.78 Å². The molecule has 0 aromatic carbocycles. The fourth-order valence-electron chi connectivity index (χ4n) is 3.36. The van der Waals surface area contributed by atoms with Crippen LogP contribution in [0.15, 0.2) is 5.16 Å². The summed E-state index contributed by atoms with van der Waals surface area (Å²) in [7, 11) is -5.99. The standard InChI is InChI=1S/C19H28F3N3O5S2/c1-17(2,3)13-12-11(9-8-10-25(13)16(26)29-18(4,5)6)23-15(31-7)24-14(12)30-32(27,28)19(20,21)22/h13H,8-10H2,1-7H3. The molecule has 182 valence electrons. The monoisotopic (exact) mass is 499 g/mol. The van der Waals surface area contributed by atoms with Crippen molar-refractivity contribution in [2.24, 2.45) is 5.41 Å². The number of amides is 1. The van der Waals surface area contributed by atoms with Crippen LogP contribution in [0.3, 0.4) is 0 Å². The molecule has 2 heterocycles. The summed E-state index contributed by atoms with van der Waals surface area (Å²) >= 11 is 1.04. The zero-order valence-electron chi connectivity index (χ0n) is 19.0. The Kier molecular flexibility index (Phi) is 7.35. The van der Waals surface area contributed by atoms with Gasteiger partial charge in [0.1, 0.15) is 5.60 Å². The second kappa shape index (κ2) is 8.88. The number of alkyl halides is 3. The number of carbonyl (C=O) groups is 1. The van der Waals surface area contributed by atoms with Crippen molar-refractivity contribution in [2.75, 3.05) is 12.8 Å². The van der Waals surface area contributed by atoms with E-state index in [-0.39, 0.29) is 17.3 Å². The zero-order chi connectivity index (χ0) is 24.7. The van der Waals surface area contributed by atoms with Crippen LogP contribution < -0.4 is 4.18 Å². The number of aromatic nitrogens is 2. The largest absolute Gasteiger partial charge is 0.534 e. The van der Waals surface area contributed by atoms with Crippen molar-refractivity contribution in [1.29, 1.82) is 0 Å². The summed E-state index contributed by atoms with van der Waals surface area (Å²) in [6, 6.07) is -0.899. The summed E-state index contributed by atoms with van der Waals surface area (Å²) in [6.45, 7) is 10.6. The van der Waals surface area contributed by atoms with Crippen molar-refractivity contribution < 1.29 is 35.3 Å². The molecule has 1 aliphatic rings. The molecule has 0 saturated carbocycles. The SMILES string of the molecule is CSc1nc2c(c(OS(=O)(=O)C(F)(F)F)n1)C(C(C)(C)C)N(C(=O)OC(C)(C)C)CCC2. The highest BCUT2D eigenvalue weighted by molar-refractivity contribution is 7.98. The van der Waals surface area contributed by atoms with Crippen molar-refractivity contribution in [3.05, 3.63) is 11.3 Å². The Bertz CT molecular complexity index is 970. The van der Waals surface area contributed by atoms with Gasteiger partial charge in [0.2, 0.25) is 5.88 Å². The maximum Gasteiger partial charge on any atom is 0.534 e. The van der Waals surface area contributed by atoms with Gasteiger partial charge in [0.15, 0.2) is 5.16 Å². The van der Waals surface area contributed by atoms with E-state index < -0.39 is 44.7 Å². The van der Waals surface area contributed by atoms with Crippen LogP contribution in [0.2, 0.25) is 0 Å². The Hall–Kier alpha value is -1.76. The lowest BCUT2D eigenvalue weighted by Crippen LogP contribution is -2.44. The predicted octanol–water partition coefficient (Wildman–Crippen LogP) is 4.70. The van der Waals surface area contributed by atoms with Gasteiger partial charge in [-0.05, 0) is 45.3 Å². The molecule has 1 atom stereocenters. The molecule has 1 aromatic rings.